The van der Waals surface area contributed by atoms with Crippen molar-refractivity contribution in [1.82, 2.24) is 4.98 Å². The van der Waals surface area contributed by atoms with Gasteiger partial charge < -0.3 is 4.55 Å². The summed E-state index contributed by atoms with van der Waals surface area (Å²) in [5.41, 5.74) is 2.23. The molecule has 0 saturated carbocycles. The summed E-state index contributed by atoms with van der Waals surface area (Å²) in [6.07, 6.45) is 0. The van der Waals surface area contributed by atoms with Crippen LogP contribution in [0.4, 0.5) is 0 Å². The SMILES string of the molecule is CC(C)c1scnc1CS(=N)(=O)O. The van der Waals surface area contributed by atoms with Gasteiger partial charge in [-0.2, -0.15) is 0 Å². The molecule has 0 fully saturated rings. The maximum absolute atomic E-state index is 10.8. The van der Waals surface area contributed by atoms with Gasteiger partial charge in [0, 0.05) is 4.88 Å². The van der Waals surface area contributed by atoms with Gasteiger partial charge in [0.15, 0.2) is 10.0 Å². The van der Waals surface area contributed by atoms with E-state index in [4.69, 9.17) is 9.33 Å². The minimum atomic E-state index is -3.46. The van der Waals surface area contributed by atoms with E-state index in [1.165, 1.54) is 11.3 Å². The van der Waals surface area contributed by atoms with Crippen molar-refractivity contribution in [3.05, 3.63) is 16.1 Å². The second-order valence-electron chi connectivity index (χ2n) is 3.10. The van der Waals surface area contributed by atoms with Crippen LogP contribution in [0.25, 0.3) is 0 Å². The topological polar surface area (TPSA) is 74.0 Å². The van der Waals surface area contributed by atoms with E-state index in [0.717, 1.165) is 4.88 Å². The number of hydrogen-bond donors (Lipinski definition) is 2. The summed E-state index contributed by atoms with van der Waals surface area (Å²) in [5, 5.41) is 0. The van der Waals surface area contributed by atoms with Crippen LogP contribution in [0.1, 0.15) is 30.3 Å². The van der Waals surface area contributed by atoms with Gasteiger partial charge in [-0.25, -0.2) is 14.0 Å². The Labute approximate surface area is 81.8 Å². The molecule has 0 radical (unpaired) electrons. The molecule has 74 valence electrons. The molecule has 1 atom stereocenters. The number of thiazole rings is 1. The summed E-state index contributed by atoms with van der Waals surface area (Å²) in [6, 6.07) is 0. The van der Waals surface area contributed by atoms with Crippen molar-refractivity contribution in [2.45, 2.75) is 25.5 Å². The first-order valence-corrected chi connectivity index (χ1v) is 6.37. The second kappa shape index (κ2) is 3.73. The molecule has 2 N–H and O–H groups in total. The predicted octanol–water partition coefficient (Wildman–Crippen LogP) is 2.29. The minimum Gasteiger partial charge on any atom is -0.300 e. The third kappa shape index (κ3) is 3.06. The molecule has 4 nitrogen and oxygen atoms in total. The Morgan fingerprint density at radius 2 is 2.38 bits per heavy atom. The molecule has 0 aliphatic rings. The first kappa shape index (κ1) is 10.6. The fourth-order valence-corrected chi connectivity index (χ4v) is 2.56. The van der Waals surface area contributed by atoms with Gasteiger partial charge in [0.2, 0.25) is 0 Å². The average Bonchev–Trinajstić information content (AvgIpc) is 2.31. The predicted molar refractivity (Wildman–Crippen MR) is 53.4 cm³/mol. The highest BCUT2D eigenvalue weighted by molar-refractivity contribution is 7.86. The highest BCUT2D eigenvalue weighted by Gasteiger charge is 2.13. The van der Waals surface area contributed by atoms with Crippen LogP contribution in [0.3, 0.4) is 0 Å². The molecule has 0 aromatic carbocycles. The molecule has 1 aromatic rings. The van der Waals surface area contributed by atoms with Gasteiger partial charge in [0.05, 0.1) is 17.0 Å². The lowest BCUT2D eigenvalue weighted by molar-refractivity contribution is 0.546. The van der Waals surface area contributed by atoms with Gasteiger partial charge in [-0.1, -0.05) is 13.8 Å². The normalized spacial score (nSPS) is 16.0. The van der Waals surface area contributed by atoms with Crippen molar-refractivity contribution >= 4 is 21.3 Å². The van der Waals surface area contributed by atoms with E-state index in [1.807, 2.05) is 13.8 Å². The highest BCUT2D eigenvalue weighted by Crippen LogP contribution is 2.24. The number of nitrogens with one attached hydrogen (secondary N) is 1. The molecule has 0 bridgehead atoms. The van der Waals surface area contributed by atoms with Crippen molar-refractivity contribution in [3.8, 4) is 0 Å². The van der Waals surface area contributed by atoms with Crippen LogP contribution < -0.4 is 0 Å². The monoisotopic (exact) mass is 220 g/mol. The first-order chi connectivity index (χ1) is 5.90. The third-order valence-corrected chi connectivity index (χ3v) is 3.37. The molecule has 1 unspecified atom stereocenters. The zero-order valence-corrected chi connectivity index (χ0v) is 9.11. The van der Waals surface area contributed by atoms with Crippen molar-refractivity contribution in [1.29, 1.82) is 4.78 Å². The van der Waals surface area contributed by atoms with E-state index in [9.17, 15) is 4.21 Å². The maximum atomic E-state index is 10.8. The molecule has 13 heavy (non-hydrogen) atoms. The van der Waals surface area contributed by atoms with Crippen molar-refractivity contribution in [3.63, 3.8) is 0 Å². The molecule has 1 heterocycles. The Morgan fingerprint density at radius 1 is 1.77 bits per heavy atom. The van der Waals surface area contributed by atoms with Gasteiger partial charge in [0.25, 0.3) is 0 Å². The van der Waals surface area contributed by atoms with Crippen LogP contribution in [-0.4, -0.2) is 13.7 Å². The molecular weight excluding hydrogens is 208 g/mol. The van der Waals surface area contributed by atoms with E-state index in [-0.39, 0.29) is 5.75 Å². The van der Waals surface area contributed by atoms with Crippen molar-refractivity contribution < 1.29 is 8.76 Å². The van der Waals surface area contributed by atoms with Crippen LogP contribution in [0.2, 0.25) is 0 Å². The zero-order chi connectivity index (χ0) is 10.1. The van der Waals surface area contributed by atoms with Gasteiger partial charge >= 0.3 is 0 Å². The molecule has 0 spiro atoms. The van der Waals surface area contributed by atoms with Crippen LogP contribution in [0.15, 0.2) is 5.51 Å². The molecule has 6 heteroatoms. The van der Waals surface area contributed by atoms with E-state index in [0.29, 0.717) is 11.6 Å². The van der Waals surface area contributed by atoms with Gasteiger partial charge in [-0.15, -0.1) is 11.3 Å². The van der Waals surface area contributed by atoms with Crippen LogP contribution in [-0.2, 0) is 15.8 Å². The second-order valence-corrected chi connectivity index (χ2v) is 5.56. The fourth-order valence-electron chi connectivity index (χ4n) is 1.04. The largest absolute Gasteiger partial charge is 0.300 e. The molecule has 0 aliphatic carbocycles. The maximum Gasteiger partial charge on any atom is 0.164 e. The molecule has 0 aliphatic heterocycles. The Bertz CT molecular complexity index is 381. The molecule has 1 aromatic heterocycles. The van der Waals surface area contributed by atoms with Crippen LogP contribution >= 0.6 is 11.3 Å². The fraction of sp³-hybridized carbons (Fsp3) is 0.571. The Kier molecular flexibility index (Phi) is 3.05. The van der Waals surface area contributed by atoms with Crippen molar-refractivity contribution in [2.24, 2.45) is 0 Å². The first-order valence-electron chi connectivity index (χ1n) is 3.81. The number of aromatic nitrogens is 1. The lowest BCUT2D eigenvalue weighted by atomic mass is 10.1. The van der Waals surface area contributed by atoms with Crippen LogP contribution in [0, 0.1) is 4.78 Å². The summed E-state index contributed by atoms with van der Waals surface area (Å²) in [4.78, 5) is 4.98. The molecular formula is C7H12N2O2S2. The Balaban J connectivity index is 2.96. The Morgan fingerprint density at radius 3 is 2.85 bits per heavy atom. The number of hydrogen-bond acceptors (Lipinski definition) is 4. The number of rotatable bonds is 3. The highest BCUT2D eigenvalue weighted by atomic mass is 32.2. The average molecular weight is 220 g/mol. The summed E-state index contributed by atoms with van der Waals surface area (Å²) >= 11 is 1.47. The Hall–Kier alpha value is -0.460. The van der Waals surface area contributed by atoms with Crippen LogP contribution in [0.5, 0.6) is 0 Å². The lowest BCUT2D eigenvalue weighted by Crippen LogP contribution is -2.02. The van der Waals surface area contributed by atoms with E-state index in [2.05, 4.69) is 4.98 Å². The van der Waals surface area contributed by atoms with Gasteiger partial charge in [0.1, 0.15) is 0 Å². The van der Waals surface area contributed by atoms with E-state index < -0.39 is 10.0 Å². The summed E-state index contributed by atoms with van der Waals surface area (Å²) < 4.78 is 26.6. The lowest BCUT2D eigenvalue weighted by Gasteiger charge is -2.04. The summed E-state index contributed by atoms with van der Waals surface area (Å²) in [5.74, 6) is 0.133. The third-order valence-electron chi connectivity index (χ3n) is 1.53. The summed E-state index contributed by atoms with van der Waals surface area (Å²) in [6.45, 7) is 4.00. The van der Waals surface area contributed by atoms with E-state index in [1.54, 1.807) is 5.51 Å². The zero-order valence-electron chi connectivity index (χ0n) is 7.48. The number of nitrogens with zero attached hydrogens (tertiary/aromatic N) is 1. The quantitative estimate of drug-likeness (QED) is 0.820. The van der Waals surface area contributed by atoms with Gasteiger partial charge in [-0.3, -0.25) is 0 Å². The molecule has 0 saturated heterocycles. The minimum absolute atomic E-state index is 0.163. The smallest absolute Gasteiger partial charge is 0.164 e. The van der Waals surface area contributed by atoms with E-state index >= 15 is 0 Å². The summed E-state index contributed by atoms with van der Waals surface area (Å²) in [7, 11) is -3.46. The standard InChI is InChI=1S/C7H12N2O2S2/c1-5(2)7-6(9-4-12-7)3-13(8,10)11/h4-5H,3H2,1-2H3,(H2,8,10,11). The molecule has 1 rings (SSSR count). The van der Waals surface area contributed by atoms with Gasteiger partial charge in [-0.05, 0) is 5.92 Å². The molecule has 0 amide bonds. The van der Waals surface area contributed by atoms with Crippen molar-refractivity contribution in [2.75, 3.05) is 0 Å².